The van der Waals surface area contributed by atoms with Gasteiger partial charge in [-0.15, -0.1) is 11.8 Å². The average molecular weight is 492 g/mol. The number of hydrogen-bond acceptors (Lipinski definition) is 6. The van der Waals surface area contributed by atoms with Gasteiger partial charge in [0.2, 0.25) is 11.7 Å². The topological polar surface area (TPSA) is 107 Å². The van der Waals surface area contributed by atoms with Gasteiger partial charge in [-0.3, -0.25) is 9.59 Å². The Kier molecular flexibility index (Phi) is 8.16. The van der Waals surface area contributed by atoms with E-state index in [9.17, 15) is 9.59 Å². The van der Waals surface area contributed by atoms with Crippen molar-refractivity contribution in [3.63, 3.8) is 0 Å². The van der Waals surface area contributed by atoms with Gasteiger partial charge in [-0.05, 0) is 81.7 Å². The van der Waals surface area contributed by atoms with Crippen LogP contribution in [-0.4, -0.2) is 35.4 Å². The van der Waals surface area contributed by atoms with Crippen molar-refractivity contribution in [2.24, 2.45) is 34.8 Å². The lowest BCUT2D eigenvalue weighted by Crippen LogP contribution is -2.42. The summed E-state index contributed by atoms with van der Waals surface area (Å²) >= 11 is 1.58. The Morgan fingerprint density at radius 2 is 1.82 bits per heavy atom. The number of aromatic nitrogens is 1. The SMILES string of the molecule is CC(NC(=O)c1onc(OCC(C)(C)C(N)=O)c1SCC1CCCC1)C1CC2CCCC(C2)C1. The number of amides is 2. The first kappa shape index (κ1) is 25.4. The van der Waals surface area contributed by atoms with E-state index in [-0.39, 0.29) is 30.2 Å². The first-order chi connectivity index (χ1) is 16.2. The van der Waals surface area contributed by atoms with Gasteiger partial charge in [-0.2, -0.15) is 0 Å². The molecule has 3 unspecified atom stereocenters. The molecule has 0 spiro atoms. The molecule has 3 N–H and O–H groups in total. The first-order valence-electron chi connectivity index (χ1n) is 13.1. The number of thioether (sulfide) groups is 1. The molecule has 3 atom stereocenters. The minimum Gasteiger partial charge on any atom is -0.474 e. The maximum atomic E-state index is 13.3. The van der Waals surface area contributed by atoms with Gasteiger partial charge in [0.25, 0.3) is 11.8 Å². The number of nitrogens with one attached hydrogen (secondary N) is 1. The van der Waals surface area contributed by atoms with Gasteiger partial charge in [0.05, 0.1) is 5.41 Å². The summed E-state index contributed by atoms with van der Waals surface area (Å²) in [6.07, 6.45) is 12.7. The van der Waals surface area contributed by atoms with Gasteiger partial charge in [-0.1, -0.05) is 32.1 Å². The molecule has 1 heterocycles. The van der Waals surface area contributed by atoms with Crippen molar-refractivity contribution in [1.82, 2.24) is 10.5 Å². The molecule has 1 aromatic heterocycles. The summed E-state index contributed by atoms with van der Waals surface area (Å²) in [5.74, 6) is 3.50. The van der Waals surface area contributed by atoms with E-state index in [0.717, 1.165) is 17.6 Å². The fourth-order valence-electron chi connectivity index (χ4n) is 5.91. The third-order valence-corrected chi connectivity index (χ3v) is 9.52. The van der Waals surface area contributed by atoms with Crippen LogP contribution in [0.4, 0.5) is 0 Å². The molecule has 2 bridgehead atoms. The Labute approximate surface area is 207 Å². The van der Waals surface area contributed by atoms with Crippen molar-refractivity contribution in [2.45, 2.75) is 95.9 Å². The predicted octanol–water partition coefficient (Wildman–Crippen LogP) is 5.18. The van der Waals surface area contributed by atoms with Crippen LogP contribution in [0.2, 0.25) is 0 Å². The maximum absolute atomic E-state index is 13.3. The smallest absolute Gasteiger partial charge is 0.291 e. The van der Waals surface area contributed by atoms with Crippen LogP contribution in [0.25, 0.3) is 0 Å². The highest BCUT2D eigenvalue weighted by Gasteiger charge is 2.36. The molecule has 4 rings (SSSR count). The molecule has 7 nitrogen and oxygen atoms in total. The highest BCUT2D eigenvalue weighted by molar-refractivity contribution is 7.99. The van der Waals surface area contributed by atoms with Crippen molar-refractivity contribution < 1.29 is 18.8 Å². The van der Waals surface area contributed by atoms with Crippen LogP contribution >= 0.6 is 11.8 Å². The Morgan fingerprint density at radius 3 is 2.47 bits per heavy atom. The maximum Gasteiger partial charge on any atom is 0.291 e. The second-order valence-corrected chi connectivity index (χ2v) is 12.6. The molecule has 34 heavy (non-hydrogen) atoms. The molecule has 0 aliphatic heterocycles. The molecule has 0 radical (unpaired) electrons. The normalized spacial score (nSPS) is 26.3. The van der Waals surface area contributed by atoms with Gasteiger partial charge in [0.15, 0.2) is 0 Å². The summed E-state index contributed by atoms with van der Waals surface area (Å²) < 4.78 is 11.4. The average Bonchev–Trinajstić information content (AvgIpc) is 3.45. The van der Waals surface area contributed by atoms with Gasteiger partial charge in [0, 0.05) is 11.8 Å². The molecule has 0 aromatic carbocycles. The fourth-order valence-corrected chi connectivity index (χ4v) is 7.13. The minimum absolute atomic E-state index is 0.0775. The van der Waals surface area contributed by atoms with Crippen LogP contribution < -0.4 is 15.8 Å². The molecule has 3 fully saturated rings. The highest BCUT2D eigenvalue weighted by Crippen LogP contribution is 2.44. The lowest BCUT2D eigenvalue weighted by atomic mass is 9.66. The monoisotopic (exact) mass is 491 g/mol. The van der Waals surface area contributed by atoms with Crippen LogP contribution in [-0.2, 0) is 4.79 Å². The molecular formula is C26H41N3O4S. The standard InChI is InChI=1S/C26H41N3O4S/c1-16(20-12-18-9-6-10-19(11-18)13-20)28-23(30)21-22(34-14-17-7-4-5-8-17)24(29-33-21)32-15-26(2,3)25(27)31/h16-20H,4-15H2,1-3H3,(H2,27,31)(H,28,30). The van der Waals surface area contributed by atoms with E-state index in [2.05, 4.69) is 17.4 Å². The molecule has 1 aromatic rings. The third kappa shape index (κ3) is 6.10. The number of carbonyl (C=O) groups excluding carboxylic acids is 2. The molecule has 3 aliphatic rings. The van der Waals surface area contributed by atoms with Crippen LogP contribution in [0.15, 0.2) is 9.42 Å². The van der Waals surface area contributed by atoms with Gasteiger partial charge < -0.3 is 20.3 Å². The summed E-state index contributed by atoms with van der Waals surface area (Å²) in [4.78, 5) is 25.6. The number of rotatable bonds is 10. The molecule has 190 valence electrons. The van der Waals surface area contributed by atoms with Gasteiger partial charge in [0.1, 0.15) is 11.5 Å². The fraction of sp³-hybridized carbons (Fsp3) is 0.808. The van der Waals surface area contributed by atoms with Crippen molar-refractivity contribution >= 4 is 23.6 Å². The Bertz CT molecular complexity index is 852. The summed E-state index contributed by atoms with van der Waals surface area (Å²) in [5, 5.41) is 7.29. The highest BCUT2D eigenvalue weighted by atomic mass is 32.2. The molecular weight excluding hydrogens is 450 g/mol. The number of nitrogens with zero attached hydrogens (tertiary/aromatic N) is 1. The summed E-state index contributed by atoms with van der Waals surface area (Å²) in [7, 11) is 0. The number of ether oxygens (including phenoxy) is 1. The van der Waals surface area contributed by atoms with Crippen molar-refractivity contribution in [1.29, 1.82) is 0 Å². The van der Waals surface area contributed by atoms with Crippen LogP contribution in [0.1, 0.15) is 95.5 Å². The lowest BCUT2D eigenvalue weighted by Gasteiger charge is -2.41. The molecule has 8 heteroatoms. The van der Waals surface area contributed by atoms with E-state index in [1.54, 1.807) is 25.6 Å². The molecule has 3 saturated carbocycles. The number of carbonyl (C=O) groups is 2. The number of nitrogens with two attached hydrogens (primary N) is 1. The van der Waals surface area contributed by atoms with Gasteiger partial charge >= 0.3 is 0 Å². The van der Waals surface area contributed by atoms with Gasteiger partial charge in [-0.25, -0.2) is 0 Å². The summed E-state index contributed by atoms with van der Waals surface area (Å²) in [5.41, 5.74) is 4.65. The lowest BCUT2D eigenvalue weighted by molar-refractivity contribution is -0.127. The zero-order valence-electron chi connectivity index (χ0n) is 20.9. The van der Waals surface area contributed by atoms with Crippen molar-refractivity contribution in [2.75, 3.05) is 12.4 Å². The summed E-state index contributed by atoms with van der Waals surface area (Å²) in [6, 6.07) is 0.0897. The van der Waals surface area contributed by atoms with Crippen LogP contribution in [0.3, 0.4) is 0 Å². The quantitative estimate of drug-likeness (QED) is 0.437. The van der Waals surface area contributed by atoms with E-state index in [0.29, 0.717) is 16.7 Å². The second-order valence-electron chi connectivity index (χ2n) is 11.5. The van der Waals surface area contributed by atoms with E-state index in [1.165, 1.54) is 64.2 Å². The Hall–Kier alpha value is -1.70. The van der Waals surface area contributed by atoms with E-state index in [4.69, 9.17) is 15.0 Å². The Morgan fingerprint density at radius 1 is 1.15 bits per heavy atom. The number of fused-ring (bicyclic) bond motifs is 2. The number of primary amides is 1. The van der Waals surface area contributed by atoms with Crippen LogP contribution in [0, 0.1) is 29.1 Å². The van der Waals surface area contributed by atoms with E-state index in [1.807, 2.05) is 0 Å². The largest absolute Gasteiger partial charge is 0.474 e. The number of hydrogen-bond donors (Lipinski definition) is 2. The Balaban J connectivity index is 1.44. The van der Waals surface area contributed by atoms with Crippen LogP contribution in [0.5, 0.6) is 5.88 Å². The van der Waals surface area contributed by atoms with Crippen molar-refractivity contribution in [3.05, 3.63) is 5.76 Å². The second kappa shape index (κ2) is 10.9. The molecule has 3 aliphatic carbocycles. The summed E-state index contributed by atoms with van der Waals surface area (Å²) in [6.45, 7) is 5.66. The zero-order chi connectivity index (χ0) is 24.3. The third-order valence-electron chi connectivity index (χ3n) is 8.23. The zero-order valence-corrected chi connectivity index (χ0v) is 21.8. The molecule has 2 amide bonds. The van der Waals surface area contributed by atoms with E-state index >= 15 is 0 Å². The minimum atomic E-state index is -0.845. The first-order valence-corrected chi connectivity index (χ1v) is 14.1. The predicted molar refractivity (Wildman–Crippen MR) is 133 cm³/mol. The molecule has 0 saturated heterocycles. The van der Waals surface area contributed by atoms with Crippen molar-refractivity contribution in [3.8, 4) is 5.88 Å². The van der Waals surface area contributed by atoms with E-state index < -0.39 is 11.3 Å².